The second kappa shape index (κ2) is 10.1. The van der Waals surface area contributed by atoms with Crippen molar-refractivity contribution in [3.05, 3.63) is 83.6 Å². The van der Waals surface area contributed by atoms with Crippen molar-refractivity contribution in [3.63, 3.8) is 0 Å². The van der Waals surface area contributed by atoms with Crippen LogP contribution in [0.15, 0.2) is 81.9 Å². The van der Waals surface area contributed by atoms with Crippen molar-refractivity contribution in [2.24, 2.45) is 0 Å². The number of hydrogen-bond donors (Lipinski definition) is 0. The first-order valence-corrected chi connectivity index (χ1v) is 12.4. The van der Waals surface area contributed by atoms with E-state index >= 15 is 0 Å². The highest BCUT2D eigenvalue weighted by atomic mass is 32.2. The van der Waals surface area contributed by atoms with E-state index in [0.29, 0.717) is 35.4 Å². The van der Waals surface area contributed by atoms with Crippen molar-refractivity contribution in [1.82, 2.24) is 19.7 Å². The molecule has 2 aromatic carbocycles. The summed E-state index contributed by atoms with van der Waals surface area (Å²) in [5, 5.41) is 12.7. The summed E-state index contributed by atoms with van der Waals surface area (Å²) in [5.74, 6) is 3.46. The SMILES string of the molecule is COc1ccc(-c2nc(CSc3nnc(-c4ccco4)n3Cc3ccccc3)cs2)cc1OC. The van der Waals surface area contributed by atoms with Crippen molar-refractivity contribution in [2.45, 2.75) is 17.5 Å². The number of thiazole rings is 1. The summed E-state index contributed by atoms with van der Waals surface area (Å²) in [6.07, 6.45) is 1.65. The fourth-order valence-corrected chi connectivity index (χ4v) is 5.26. The Morgan fingerprint density at radius 2 is 1.82 bits per heavy atom. The third-order valence-electron chi connectivity index (χ3n) is 5.17. The van der Waals surface area contributed by atoms with Crippen LogP contribution < -0.4 is 9.47 Å². The highest BCUT2D eigenvalue weighted by Crippen LogP contribution is 2.34. The van der Waals surface area contributed by atoms with Gasteiger partial charge in [-0.2, -0.15) is 0 Å². The third-order valence-corrected chi connectivity index (χ3v) is 7.11. The lowest BCUT2D eigenvalue weighted by Gasteiger charge is -2.09. The van der Waals surface area contributed by atoms with Gasteiger partial charge in [-0.3, -0.25) is 4.57 Å². The Morgan fingerprint density at radius 1 is 0.971 bits per heavy atom. The van der Waals surface area contributed by atoms with E-state index in [1.165, 1.54) is 5.56 Å². The summed E-state index contributed by atoms with van der Waals surface area (Å²) < 4.78 is 18.4. The molecule has 0 N–H and O–H groups in total. The molecular formula is C25H22N4O3S2. The molecule has 0 aliphatic carbocycles. The van der Waals surface area contributed by atoms with Crippen LogP contribution in [-0.4, -0.2) is 34.0 Å². The number of hydrogen-bond acceptors (Lipinski definition) is 8. The largest absolute Gasteiger partial charge is 0.493 e. The highest BCUT2D eigenvalue weighted by Gasteiger charge is 2.18. The third kappa shape index (κ3) is 4.71. The minimum atomic E-state index is 0.653. The highest BCUT2D eigenvalue weighted by molar-refractivity contribution is 7.98. The Morgan fingerprint density at radius 3 is 2.59 bits per heavy atom. The van der Waals surface area contributed by atoms with Crippen LogP contribution in [0.5, 0.6) is 11.5 Å². The summed E-state index contributed by atoms with van der Waals surface area (Å²) in [6.45, 7) is 0.653. The summed E-state index contributed by atoms with van der Waals surface area (Å²) in [7, 11) is 3.26. The molecule has 5 aromatic rings. The first-order valence-electron chi connectivity index (χ1n) is 10.6. The first-order chi connectivity index (χ1) is 16.7. The van der Waals surface area contributed by atoms with Crippen LogP contribution >= 0.6 is 23.1 Å². The van der Waals surface area contributed by atoms with Gasteiger partial charge in [0.05, 0.1) is 32.7 Å². The molecule has 0 aliphatic heterocycles. The van der Waals surface area contributed by atoms with Crippen LogP contribution in [0.25, 0.3) is 22.2 Å². The van der Waals surface area contributed by atoms with Crippen molar-refractivity contribution in [3.8, 4) is 33.7 Å². The molecule has 3 aromatic heterocycles. The molecule has 0 radical (unpaired) electrons. The van der Waals surface area contributed by atoms with Gasteiger partial charge < -0.3 is 13.9 Å². The second-order valence-corrected chi connectivity index (χ2v) is 9.16. The Labute approximate surface area is 205 Å². The zero-order chi connectivity index (χ0) is 23.3. The number of nitrogens with zero attached hydrogens (tertiary/aromatic N) is 4. The van der Waals surface area contributed by atoms with Gasteiger partial charge in [0.25, 0.3) is 0 Å². The topological polar surface area (TPSA) is 75.2 Å². The van der Waals surface area contributed by atoms with Gasteiger partial charge in [0.1, 0.15) is 5.01 Å². The van der Waals surface area contributed by atoms with Crippen LogP contribution in [0.3, 0.4) is 0 Å². The molecule has 9 heteroatoms. The van der Waals surface area contributed by atoms with Crippen LogP contribution in [-0.2, 0) is 12.3 Å². The molecule has 0 bridgehead atoms. The maximum Gasteiger partial charge on any atom is 0.200 e. The maximum atomic E-state index is 5.60. The number of rotatable bonds is 9. The zero-order valence-corrected chi connectivity index (χ0v) is 20.3. The predicted molar refractivity (Wildman–Crippen MR) is 133 cm³/mol. The molecule has 0 amide bonds. The molecule has 0 fully saturated rings. The van der Waals surface area contributed by atoms with E-state index < -0.39 is 0 Å². The first kappa shape index (κ1) is 22.2. The quantitative estimate of drug-likeness (QED) is 0.234. The normalized spacial score (nSPS) is 11.0. The molecule has 34 heavy (non-hydrogen) atoms. The average molecular weight is 491 g/mol. The molecule has 0 aliphatic rings. The monoisotopic (exact) mass is 490 g/mol. The van der Waals surface area contributed by atoms with E-state index in [1.54, 1.807) is 43.6 Å². The van der Waals surface area contributed by atoms with Crippen LogP contribution in [0.1, 0.15) is 11.3 Å². The van der Waals surface area contributed by atoms with Crippen molar-refractivity contribution >= 4 is 23.1 Å². The summed E-state index contributed by atoms with van der Waals surface area (Å²) in [5.41, 5.74) is 3.14. The molecule has 0 atom stereocenters. The molecule has 7 nitrogen and oxygen atoms in total. The van der Waals surface area contributed by atoms with Gasteiger partial charge >= 0.3 is 0 Å². The van der Waals surface area contributed by atoms with Gasteiger partial charge in [0.15, 0.2) is 22.4 Å². The average Bonchev–Trinajstić information content (AvgIpc) is 3.64. The fraction of sp³-hybridized carbons (Fsp3) is 0.160. The van der Waals surface area contributed by atoms with E-state index in [9.17, 15) is 0 Å². The summed E-state index contributed by atoms with van der Waals surface area (Å²) in [4.78, 5) is 4.82. The molecule has 5 rings (SSSR count). The summed E-state index contributed by atoms with van der Waals surface area (Å²) in [6, 6.07) is 19.8. The number of methoxy groups -OCH3 is 2. The molecule has 3 heterocycles. The zero-order valence-electron chi connectivity index (χ0n) is 18.7. The van der Waals surface area contributed by atoms with Gasteiger partial charge in [0.2, 0.25) is 5.82 Å². The van der Waals surface area contributed by atoms with Crippen LogP contribution in [0, 0.1) is 0 Å². The Balaban J connectivity index is 1.36. The Bertz CT molecular complexity index is 1360. The number of benzene rings is 2. The molecule has 0 saturated carbocycles. The van der Waals surface area contributed by atoms with Crippen molar-refractivity contribution in [2.75, 3.05) is 14.2 Å². The minimum Gasteiger partial charge on any atom is -0.493 e. The standard InChI is InChI=1S/C25H22N4O3S2/c1-30-20-11-10-18(13-22(20)31-2)24-26-19(15-33-24)16-34-25-28-27-23(21-9-6-12-32-21)29(25)14-17-7-4-3-5-8-17/h3-13,15H,14,16H2,1-2H3. The van der Waals surface area contributed by atoms with Gasteiger partial charge in [0, 0.05) is 16.7 Å². The molecule has 172 valence electrons. The molecule has 0 unspecified atom stereocenters. The second-order valence-electron chi connectivity index (χ2n) is 7.36. The van der Waals surface area contributed by atoms with E-state index in [1.807, 2.05) is 48.5 Å². The maximum absolute atomic E-state index is 5.60. The smallest absolute Gasteiger partial charge is 0.200 e. The fourth-order valence-electron chi connectivity index (χ4n) is 3.51. The van der Waals surface area contributed by atoms with Gasteiger partial charge in [-0.15, -0.1) is 21.5 Å². The molecular weight excluding hydrogens is 468 g/mol. The number of aromatic nitrogens is 4. The van der Waals surface area contributed by atoms with E-state index in [0.717, 1.165) is 21.4 Å². The van der Waals surface area contributed by atoms with Crippen LogP contribution in [0.4, 0.5) is 0 Å². The number of thioether (sulfide) groups is 1. The van der Waals surface area contributed by atoms with E-state index in [-0.39, 0.29) is 0 Å². The van der Waals surface area contributed by atoms with Gasteiger partial charge in [-0.25, -0.2) is 4.98 Å². The predicted octanol–water partition coefficient (Wildman–Crippen LogP) is 6.02. The molecule has 0 saturated heterocycles. The Hall–Kier alpha value is -3.56. The lowest BCUT2D eigenvalue weighted by molar-refractivity contribution is 0.355. The van der Waals surface area contributed by atoms with Crippen LogP contribution in [0.2, 0.25) is 0 Å². The minimum absolute atomic E-state index is 0.653. The van der Waals surface area contributed by atoms with Gasteiger partial charge in [-0.1, -0.05) is 42.1 Å². The van der Waals surface area contributed by atoms with Crippen molar-refractivity contribution in [1.29, 1.82) is 0 Å². The van der Waals surface area contributed by atoms with E-state index in [4.69, 9.17) is 18.9 Å². The lowest BCUT2D eigenvalue weighted by Crippen LogP contribution is -2.04. The van der Waals surface area contributed by atoms with E-state index in [2.05, 4.69) is 32.3 Å². The number of ether oxygens (including phenoxy) is 2. The Kier molecular flexibility index (Phi) is 6.64. The number of furan rings is 1. The lowest BCUT2D eigenvalue weighted by atomic mass is 10.2. The van der Waals surface area contributed by atoms with Crippen molar-refractivity contribution < 1.29 is 13.9 Å². The summed E-state index contributed by atoms with van der Waals surface area (Å²) >= 11 is 3.21. The van der Waals surface area contributed by atoms with Gasteiger partial charge in [-0.05, 0) is 35.9 Å². The molecule has 0 spiro atoms.